The molecule has 1 N–H and O–H groups in total. The van der Waals surface area contributed by atoms with Crippen molar-refractivity contribution in [3.8, 4) is 11.9 Å². The summed E-state index contributed by atoms with van der Waals surface area (Å²) in [4.78, 5) is 23.6. The molecule has 1 atom stereocenters. The topological polar surface area (TPSA) is 114 Å². The number of nitrogens with zero attached hydrogens (tertiary/aromatic N) is 5. The summed E-state index contributed by atoms with van der Waals surface area (Å²) >= 11 is 0. The van der Waals surface area contributed by atoms with E-state index in [4.69, 9.17) is 19.7 Å². The number of hydrogen-bond acceptors (Lipinski definition) is 7. The van der Waals surface area contributed by atoms with Gasteiger partial charge in [0.2, 0.25) is 5.88 Å². The lowest BCUT2D eigenvalue weighted by Gasteiger charge is -2.52. The number of hydrogen-bond donors (Lipinski definition) is 1. The molecular formula is C33H32FN5O4. The fourth-order valence-corrected chi connectivity index (χ4v) is 6.74. The number of aromatic carboxylic acids is 1. The number of fused-ring (bicyclic) bond motifs is 1. The van der Waals surface area contributed by atoms with Gasteiger partial charge < -0.3 is 24.0 Å². The highest BCUT2D eigenvalue weighted by atomic mass is 19.1. The summed E-state index contributed by atoms with van der Waals surface area (Å²) in [7, 11) is 0. The zero-order valence-corrected chi connectivity index (χ0v) is 23.7. The molecule has 2 saturated heterocycles. The number of aromatic nitrogens is 3. The minimum Gasteiger partial charge on any atom is -0.478 e. The Morgan fingerprint density at radius 3 is 2.65 bits per heavy atom. The molecule has 0 bridgehead atoms. The second-order valence-electron chi connectivity index (χ2n) is 12.0. The zero-order valence-electron chi connectivity index (χ0n) is 23.7. The molecule has 4 heterocycles. The SMILES string of the molecule is N#Cc1ccc(COc2cccc(N3CCC4(CC3)CC(c3nc5ccc(C(=O)O)cc5n3C[C@@H]3CCO3)C4)n2)c(F)c1. The Hall–Kier alpha value is -4.49. The lowest BCUT2D eigenvalue weighted by atomic mass is 9.57. The quantitative estimate of drug-likeness (QED) is 0.283. The van der Waals surface area contributed by atoms with Crippen molar-refractivity contribution in [2.24, 2.45) is 5.41 Å². The summed E-state index contributed by atoms with van der Waals surface area (Å²) in [6.07, 6.45) is 5.40. The molecule has 10 heteroatoms. The third-order valence-corrected chi connectivity index (χ3v) is 9.34. The van der Waals surface area contributed by atoms with E-state index in [0.717, 1.165) is 74.5 Å². The highest BCUT2D eigenvalue weighted by Gasteiger charge is 2.48. The van der Waals surface area contributed by atoms with Gasteiger partial charge in [0, 0.05) is 37.2 Å². The van der Waals surface area contributed by atoms with Crippen molar-refractivity contribution >= 4 is 22.8 Å². The van der Waals surface area contributed by atoms with E-state index in [1.165, 1.54) is 6.07 Å². The van der Waals surface area contributed by atoms with Crippen molar-refractivity contribution in [3.05, 3.63) is 82.9 Å². The van der Waals surface area contributed by atoms with Gasteiger partial charge in [-0.25, -0.2) is 14.2 Å². The van der Waals surface area contributed by atoms with Crippen LogP contribution in [0.4, 0.5) is 10.2 Å². The first kappa shape index (κ1) is 27.3. The normalized spacial score (nSPS) is 19.5. The number of piperidine rings is 1. The van der Waals surface area contributed by atoms with Crippen LogP contribution in [0.15, 0.2) is 54.6 Å². The maximum Gasteiger partial charge on any atom is 0.335 e. The van der Waals surface area contributed by atoms with Crippen LogP contribution in [0.25, 0.3) is 11.0 Å². The van der Waals surface area contributed by atoms with E-state index in [2.05, 4.69) is 14.5 Å². The summed E-state index contributed by atoms with van der Waals surface area (Å²) in [5.41, 5.74) is 2.91. The predicted molar refractivity (Wildman–Crippen MR) is 157 cm³/mol. The van der Waals surface area contributed by atoms with E-state index in [0.29, 0.717) is 23.9 Å². The molecule has 2 aliphatic heterocycles. The molecular weight excluding hydrogens is 549 g/mol. The van der Waals surface area contributed by atoms with Gasteiger partial charge in [-0.2, -0.15) is 10.2 Å². The van der Waals surface area contributed by atoms with Crippen LogP contribution in [0, 0.1) is 22.6 Å². The fourth-order valence-electron chi connectivity index (χ4n) is 6.74. The average Bonchev–Trinajstić information content (AvgIpc) is 3.34. The Balaban J connectivity index is 0.999. The average molecular weight is 582 g/mol. The molecule has 2 aromatic heterocycles. The highest BCUT2D eigenvalue weighted by molar-refractivity contribution is 5.92. The van der Waals surface area contributed by atoms with Crippen LogP contribution in [-0.4, -0.2) is 51.4 Å². The Morgan fingerprint density at radius 2 is 1.95 bits per heavy atom. The largest absolute Gasteiger partial charge is 0.478 e. The van der Waals surface area contributed by atoms with Gasteiger partial charge in [-0.05, 0) is 73.9 Å². The summed E-state index contributed by atoms with van der Waals surface area (Å²) in [6.45, 7) is 3.29. The second-order valence-corrected chi connectivity index (χ2v) is 12.0. The van der Waals surface area contributed by atoms with E-state index in [-0.39, 0.29) is 29.3 Å². The van der Waals surface area contributed by atoms with Gasteiger partial charge in [0.25, 0.3) is 0 Å². The summed E-state index contributed by atoms with van der Waals surface area (Å²) in [5.74, 6) is 1.27. The molecule has 7 rings (SSSR count). The Bertz CT molecular complexity index is 1730. The molecule has 220 valence electrons. The number of anilines is 1. The standard InChI is InChI=1S/C33H32FN5O4/c34-26-14-21(18-35)4-5-23(26)20-43-30-3-1-2-29(37-30)38-11-9-33(10-12-38)16-24(17-33)31-36-27-7-6-22(32(40)41)15-28(27)39(31)19-25-8-13-42-25/h1-7,14-15,24-25H,8-13,16-17,19-20H2,(H,40,41)/t25-/m0/s1. The van der Waals surface area contributed by atoms with Gasteiger partial charge >= 0.3 is 5.97 Å². The third kappa shape index (κ3) is 5.30. The Kier molecular flexibility index (Phi) is 6.98. The Labute approximate surface area is 248 Å². The predicted octanol–water partition coefficient (Wildman–Crippen LogP) is 5.67. The lowest BCUT2D eigenvalue weighted by molar-refractivity contribution is -0.0596. The minimum absolute atomic E-state index is 0.0355. The van der Waals surface area contributed by atoms with Crippen molar-refractivity contribution in [2.75, 3.05) is 24.6 Å². The molecule has 43 heavy (non-hydrogen) atoms. The van der Waals surface area contributed by atoms with Gasteiger partial charge in [-0.15, -0.1) is 0 Å². The van der Waals surface area contributed by atoms with E-state index < -0.39 is 11.8 Å². The number of carbonyl (C=O) groups is 1. The van der Waals surface area contributed by atoms with Crippen molar-refractivity contribution in [1.29, 1.82) is 5.26 Å². The van der Waals surface area contributed by atoms with E-state index in [9.17, 15) is 14.3 Å². The van der Waals surface area contributed by atoms with Gasteiger partial charge in [-0.1, -0.05) is 12.1 Å². The molecule has 9 nitrogen and oxygen atoms in total. The monoisotopic (exact) mass is 581 g/mol. The van der Waals surface area contributed by atoms with E-state index in [1.54, 1.807) is 30.3 Å². The lowest BCUT2D eigenvalue weighted by Crippen LogP contribution is -2.47. The first-order valence-electron chi connectivity index (χ1n) is 14.8. The first-order valence-corrected chi connectivity index (χ1v) is 14.8. The number of carboxylic acids is 1. The van der Waals surface area contributed by atoms with Crippen LogP contribution in [0.5, 0.6) is 5.88 Å². The first-order chi connectivity index (χ1) is 20.9. The third-order valence-electron chi connectivity index (χ3n) is 9.34. The zero-order chi connectivity index (χ0) is 29.6. The van der Waals surface area contributed by atoms with Crippen molar-refractivity contribution in [2.45, 2.75) is 57.3 Å². The van der Waals surface area contributed by atoms with Crippen LogP contribution in [0.2, 0.25) is 0 Å². The number of halogens is 1. The second kappa shape index (κ2) is 11.0. The van der Waals surface area contributed by atoms with Crippen LogP contribution in [0.1, 0.15) is 65.3 Å². The molecule has 0 amide bonds. The van der Waals surface area contributed by atoms with Gasteiger partial charge in [0.1, 0.15) is 24.1 Å². The summed E-state index contributed by atoms with van der Waals surface area (Å²) < 4.78 is 28.0. The molecule has 0 radical (unpaired) electrons. The van der Waals surface area contributed by atoms with E-state index in [1.807, 2.05) is 24.3 Å². The smallest absolute Gasteiger partial charge is 0.335 e. The number of carboxylic acid groups (broad SMARTS) is 1. The Morgan fingerprint density at radius 1 is 1.14 bits per heavy atom. The number of ether oxygens (including phenoxy) is 2. The van der Waals surface area contributed by atoms with Crippen molar-refractivity contribution in [3.63, 3.8) is 0 Å². The maximum absolute atomic E-state index is 14.3. The van der Waals surface area contributed by atoms with Crippen LogP contribution >= 0.6 is 0 Å². The van der Waals surface area contributed by atoms with Crippen LogP contribution < -0.4 is 9.64 Å². The van der Waals surface area contributed by atoms with Gasteiger partial charge in [-0.3, -0.25) is 0 Å². The number of benzene rings is 2. The minimum atomic E-state index is -0.933. The molecule has 1 aliphatic carbocycles. The maximum atomic E-state index is 14.3. The van der Waals surface area contributed by atoms with Gasteiger partial charge in [0.05, 0.1) is 40.9 Å². The summed E-state index contributed by atoms with van der Waals surface area (Å²) in [5, 5.41) is 18.5. The molecule has 0 unspecified atom stereocenters. The van der Waals surface area contributed by atoms with Crippen molar-refractivity contribution < 1.29 is 23.8 Å². The number of pyridine rings is 1. The number of imidazole rings is 1. The molecule has 2 aromatic carbocycles. The van der Waals surface area contributed by atoms with Crippen LogP contribution in [-0.2, 0) is 17.9 Å². The van der Waals surface area contributed by atoms with E-state index >= 15 is 0 Å². The highest BCUT2D eigenvalue weighted by Crippen LogP contribution is 2.57. The molecule has 1 spiro atoms. The molecule has 1 saturated carbocycles. The van der Waals surface area contributed by atoms with Crippen LogP contribution in [0.3, 0.4) is 0 Å². The summed E-state index contributed by atoms with van der Waals surface area (Å²) in [6, 6.07) is 17.1. The van der Waals surface area contributed by atoms with Gasteiger partial charge in [0.15, 0.2) is 0 Å². The molecule has 3 fully saturated rings. The number of nitriles is 1. The molecule has 3 aliphatic rings. The van der Waals surface area contributed by atoms with Crippen molar-refractivity contribution in [1.82, 2.24) is 14.5 Å². The number of rotatable bonds is 8. The fraction of sp³-hybridized carbons (Fsp3) is 0.394. The molecule has 4 aromatic rings.